The molecular formula is C32H36FNO4. The maximum absolute atomic E-state index is 14.0. The first-order valence-electron chi connectivity index (χ1n) is 13.3. The van der Waals surface area contributed by atoms with E-state index >= 15 is 0 Å². The van der Waals surface area contributed by atoms with Crippen molar-refractivity contribution in [3.05, 3.63) is 77.1 Å². The van der Waals surface area contributed by atoms with Gasteiger partial charge in [-0.05, 0) is 81.5 Å². The smallest absolute Gasteiger partial charge is 0.169 e. The molecule has 1 fully saturated rings. The van der Waals surface area contributed by atoms with Gasteiger partial charge in [0.15, 0.2) is 5.75 Å². The maximum atomic E-state index is 14.0. The minimum atomic E-state index is -0.322. The van der Waals surface area contributed by atoms with Crippen molar-refractivity contribution in [2.24, 2.45) is 0 Å². The Morgan fingerprint density at radius 1 is 0.947 bits per heavy atom. The number of nitrogens with one attached hydrogen (secondary N) is 1. The Kier molecular flexibility index (Phi) is 7.35. The molecule has 0 aromatic heterocycles. The molecule has 38 heavy (non-hydrogen) atoms. The van der Waals surface area contributed by atoms with Gasteiger partial charge in [0.1, 0.15) is 30.0 Å². The van der Waals surface area contributed by atoms with Crippen LogP contribution in [0.25, 0.3) is 16.7 Å². The largest absolute Gasteiger partial charge is 0.496 e. The average Bonchev–Trinajstić information content (AvgIpc) is 3.40. The summed E-state index contributed by atoms with van der Waals surface area (Å²) in [5.74, 6) is 1.48. The number of aryl methyl sites for hydroxylation is 1. The summed E-state index contributed by atoms with van der Waals surface area (Å²) in [7, 11) is 1.65. The molecule has 1 heterocycles. The molecule has 3 aromatic rings. The molecule has 0 unspecified atom stereocenters. The second-order valence-electron chi connectivity index (χ2n) is 10.8. The highest BCUT2D eigenvalue weighted by molar-refractivity contribution is 5.88. The number of fused-ring (bicyclic) bond motifs is 1. The minimum absolute atomic E-state index is 0.142. The molecule has 200 valence electrons. The number of hydrogen-bond acceptors (Lipinski definition) is 5. The van der Waals surface area contributed by atoms with Crippen molar-refractivity contribution >= 4 is 11.3 Å². The van der Waals surface area contributed by atoms with Crippen LogP contribution in [0.1, 0.15) is 63.1 Å². The number of halogens is 1. The van der Waals surface area contributed by atoms with Crippen LogP contribution in [0.2, 0.25) is 0 Å². The van der Waals surface area contributed by atoms with Crippen LogP contribution >= 0.6 is 0 Å². The number of benzene rings is 3. The lowest BCUT2D eigenvalue weighted by Crippen LogP contribution is -2.32. The van der Waals surface area contributed by atoms with E-state index in [1.807, 2.05) is 25.1 Å². The Balaban J connectivity index is 1.54. The molecule has 6 heteroatoms. The third-order valence-corrected chi connectivity index (χ3v) is 7.31. The van der Waals surface area contributed by atoms with E-state index in [9.17, 15) is 4.39 Å². The molecule has 1 aliphatic carbocycles. The average molecular weight is 518 g/mol. The molecule has 3 aromatic carbocycles. The van der Waals surface area contributed by atoms with E-state index in [-0.39, 0.29) is 24.1 Å². The van der Waals surface area contributed by atoms with Crippen molar-refractivity contribution in [3.63, 3.8) is 0 Å². The van der Waals surface area contributed by atoms with E-state index < -0.39 is 0 Å². The monoisotopic (exact) mass is 517 g/mol. The quantitative estimate of drug-likeness (QED) is 0.241. The second kappa shape index (κ2) is 10.7. The van der Waals surface area contributed by atoms with Crippen LogP contribution in [0.4, 0.5) is 10.1 Å². The van der Waals surface area contributed by atoms with E-state index in [1.165, 1.54) is 25.0 Å². The second-order valence-corrected chi connectivity index (χ2v) is 10.8. The lowest BCUT2D eigenvalue weighted by Gasteiger charge is -2.33. The predicted molar refractivity (Wildman–Crippen MR) is 149 cm³/mol. The number of methoxy groups -OCH3 is 1. The third kappa shape index (κ3) is 5.51. The topological polar surface area (TPSA) is 49.0 Å². The van der Waals surface area contributed by atoms with Crippen molar-refractivity contribution in [1.82, 2.24) is 0 Å². The van der Waals surface area contributed by atoms with E-state index in [1.54, 1.807) is 13.2 Å². The summed E-state index contributed by atoms with van der Waals surface area (Å²) in [5.41, 5.74) is 6.88. The molecule has 1 saturated carbocycles. The minimum Gasteiger partial charge on any atom is -0.496 e. The molecule has 0 saturated heterocycles. The summed E-state index contributed by atoms with van der Waals surface area (Å²) in [5, 5.41) is 3.63. The van der Waals surface area contributed by atoms with Crippen LogP contribution < -0.4 is 19.7 Å². The maximum Gasteiger partial charge on any atom is 0.169 e. The summed E-state index contributed by atoms with van der Waals surface area (Å²) in [4.78, 5) is 11.3. The van der Waals surface area contributed by atoms with E-state index in [2.05, 4.69) is 44.3 Å². The van der Waals surface area contributed by atoms with E-state index in [4.69, 9.17) is 19.2 Å². The number of rotatable bonds is 8. The molecular weight excluding hydrogens is 481 g/mol. The summed E-state index contributed by atoms with van der Waals surface area (Å²) in [6, 6.07) is 14.6. The number of allylic oxidation sites excluding steroid dienone is 1. The standard InChI is InChI=1S/C32H36FNO4/c1-20-10-11-22(33)16-29(20)36-19-27-25(14-15-28-31(27)21(2)18-32(3,4)34-28)26-13-12-24(17-30(26)35-5)38-37-23-8-6-7-9-23/h10-18,23,34H,6-9,19H2,1-5H3. The van der Waals surface area contributed by atoms with Crippen molar-refractivity contribution in [3.8, 4) is 28.4 Å². The van der Waals surface area contributed by atoms with Gasteiger partial charge in [-0.2, -0.15) is 4.89 Å². The zero-order valence-corrected chi connectivity index (χ0v) is 22.8. The zero-order chi connectivity index (χ0) is 26.9. The first-order chi connectivity index (χ1) is 18.2. The zero-order valence-electron chi connectivity index (χ0n) is 22.8. The van der Waals surface area contributed by atoms with Crippen molar-refractivity contribution in [2.45, 2.75) is 71.6 Å². The summed E-state index contributed by atoms with van der Waals surface area (Å²) < 4.78 is 26.1. The van der Waals surface area contributed by atoms with Gasteiger partial charge in [-0.25, -0.2) is 4.39 Å². The number of hydrogen-bond donors (Lipinski definition) is 1. The van der Waals surface area contributed by atoms with Crippen LogP contribution in [0.3, 0.4) is 0 Å². The highest BCUT2D eigenvalue weighted by Crippen LogP contribution is 2.43. The first-order valence-corrected chi connectivity index (χ1v) is 13.3. The molecule has 1 N–H and O–H groups in total. The Morgan fingerprint density at radius 2 is 1.71 bits per heavy atom. The highest BCUT2D eigenvalue weighted by Gasteiger charge is 2.27. The fourth-order valence-electron chi connectivity index (χ4n) is 5.53. The Bertz CT molecular complexity index is 1360. The Morgan fingerprint density at radius 3 is 2.47 bits per heavy atom. The van der Waals surface area contributed by atoms with Gasteiger partial charge in [0, 0.05) is 34.5 Å². The molecule has 0 radical (unpaired) electrons. The van der Waals surface area contributed by atoms with E-state index in [0.717, 1.165) is 51.9 Å². The van der Waals surface area contributed by atoms with Gasteiger partial charge in [0.2, 0.25) is 0 Å². The van der Waals surface area contributed by atoms with Crippen LogP contribution in [0.15, 0.2) is 54.6 Å². The lowest BCUT2D eigenvalue weighted by atomic mass is 9.85. The highest BCUT2D eigenvalue weighted by atomic mass is 19.1. The molecule has 5 rings (SSSR count). The van der Waals surface area contributed by atoms with Gasteiger partial charge < -0.3 is 19.7 Å². The van der Waals surface area contributed by atoms with Gasteiger partial charge in [0.05, 0.1) is 12.6 Å². The Labute approximate surface area is 224 Å². The van der Waals surface area contributed by atoms with Gasteiger partial charge in [-0.15, -0.1) is 0 Å². The molecule has 0 atom stereocenters. The number of anilines is 1. The predicted octanol–water partition coefficient (Wildman–Crippen LogP) is 8.25. The van der Waals surface area contributed by atoms with Gasteiger partial charge in [-0.1, -0.05) is 31.1 Å². The molecule has 0 spiro atoms. The fraction of sp³-hybridized carbons (Fsp3) is 0.375. The van der Waals surface area contributed by atoms with Crippen LogP contribution in [-0.2, 0) is 11.5 Å². The molecule has 1 aliphatic heterocycles. The summed E-state index contributed by atoms with van der Waals surface area (Å²) in [6.45, 7) is 8.60. The number of ether oxygens (including phenoxy) is 2. The van der Waals surface area contributed by atoms with Gasteiger partial charge >= 0.3 is 0 Å². The van der Waals surface area contributed by atoms with Gasteiger partial charge in [-0.3, -0.25) is 0 Å². The molecule has 5 nitrogen and oxygen atoms in total. The summed E-state index contributed by atoms with van der Waals surface area (Å²) in [6.07, 6.45) is 6.77. The summed E-state index contributed by atoms with van der Waals surface area (Å²) >= 11 is 0. The Hall–Kier alpha value is -3.51. The van der Waals surface area contributed by atoms with Gasteiger partial charge in [0.25, 0.3) is 0 Å². The first kappa shape index (κ1) is 26.1. The third-order valence-electron chi connectivity index (χ3n) is 7.31. The normalized spacial score (nSPS) is 16.4. The van der Waals surface area contributed by atoms with Crippen LogP contribution in [-0.4, -0.2) is 18.8 Å². The SMILES string of the molecule is COc1cc(OOC2CCCC2)ccc1-c1ccc2c(c1COc1cc(F)ccc1C)C(C)=CC(C)(C)N2. The van der Waals surface area contributed by atoms with Crippen molar-refractivity contribution in [2.75, 3.05) is 12.4 Å². The van der Waals surface area contributed by atoms with Crippen LogP contribution in [0.5, 0.6) is 17.2 Å². The lowest BCUT2D eigenvalue weighted by molar-refractivity contribution is -0.242. The van der Waals surface area contributed by atoms with Crippen molar-refractivity contribution in [1.29, 1.82) is 0 Å². The van der Waals surface area contributed by atoms with Crippen molar-refractivity contribution < 1.29 is 23.6 Å². The van der Waals surface area contributed by atoms with E-state index in [0.29, 0.717) is 17.2 Å². The fourth-order valence-corrected chi connectivity index (χ4v) is 5.53. The molecule has 2 aliphatic rings. The molecule has 0 amide bonds. The van der Waals surface area contributed by atoms with Crippen LogP contribution in [0, 0.1) is 12.7 Å². The molecule has 0 bridgehead atoms.